The van der Waals surface area contributed by atoms with Crippen LogP contribution in [-0.4, -0.2) is 13.1 Å². The second-order valence-corrected chi connectivity index (χ2v) is 5.81. The molecular weight excluding hydrogens is 307 g/mol. The van der Waals surface area contributed by atoms with Gasteiger partial charge in [-0.1, -0.05) is 30.3 Å². The van der Waals surface area contributed by atoms with Gasteiger partial charge in [-0.3, -0.25) is 0 Å². The third-order valence-corrected chi connectivity index (χ3v) is 4.03. The topological polar surface area (TPSA) is 50.4 Å². The average Bonchev–Trinajstić information content (AvgIpc) is 2.54. The molecule has 5 heteroatoms. The maximum atomic E-state index is 13.8. The fraction of sp³-hybridized carbons (Fsp3) is 0.316. The van der Waals surface area contributed by atoms with Gasteiger partial charge in [0.1, 0.15) is 0 Å². The lowest BCUT2D eigenvalue weighted by atomic mass is 10.0. The van der Waals surface area contributed by atoms with Gasteiger partial charge in [-0.15, -0.1) is 0 Å². The minimum absolute atomic E-state index is 0.119. The van der Waals surface area contributed by atoms with Crippen LogP contribution in [0.5, 0.6) is 5.75 Å². The van der Waals surface area contributed by atoms with Crippen molar-refractivity contribution in [1.29, 1.82) is 0 Å². The first-order chi connectivity index (χ1) is 11.4. The molecule has 0 heterocycles. The van der Waals surface area contributed by atoms with Crippen LogP contribution in [0.4, 0.5) is 9.18 Å². The van der Waals surface area contributed by atoms with Crippen molar-refractivity contribution in [2.24, 2.45) is 0 Å². The molecule has 0 bridgehead atoms. The summed E-state index contributed by atoms with van der Waals surface area (Å²) in [6, 6.07) is 11.8. The zero-order valence-electron chi connectivity index (χ0n) is 14.4. The Bertz CT molecular complexity index is 718. The average molecular weight is 330 g/mol. The number of aryl methyl sites for hydroxylation is 1. The Morgan fingerprint density at radius 2 is 1.75 bits per heavy atom. The highest BCUT2D eigenvalue weighted by atomic mass is 19.1. The summed E-state index contributed by atoms with van der Waals surface area (Å²) >= 11 is 0. The van der Waals surface area contributed by atoms with Crippen molar-refractivity contribution in [2.75, 3.05) is 7.11 Å². The highest BCUT2D eigenvalue weighted by Crippen LogP contribution is 2.22. The molecule has 2 rings (SSSR count). The van der Waals surface area contributed by atoms with E-state index in [9.17, 15) is 9.18 Å². The SMILES string of the molecule is COc1ccc([C@@H](C)NC(=O)N[C@H](C)c2ccccc2C)cc1F. The number of carbonyl (C=O) groups is 1. The molecular formula is C19H23FN2O2. The second kappa shape index (κ2) is 7.81. The summed E-state index contributed by atoms with van der Waals surface area (Å²) in [5, 5.41) is 5.73. The Hall–Kier alpha value is -2.56. The number of halogens is 1. The summed E-state index contributed by atoms with van der Waals surface area (Å²) in [4.78, 5) is 12.2. The predicted molar refractivity (Wildman–Crippen MR) is 92.6 cm³/mol. The van der Waals surface area contributed by atoms with Crippen molar-refractivity contribution in [1.82, 2.24) is 10.6 Å². The van der Waals surface area contributed by atoms with Gasteiger partial charge in [0, 0.05) is 0 Å². The molecule has 2 amide bonds. The number of benzene rings is 2. The van der Waals surface area contributed by atoms with E-state index in [1.807, 2.05) is 38.1 Å². The Kier molecular flexibility index (Phi) is 5.79. The van der Waals surface area contributed by atoms with Crippen molar-refractivity contribution >= 4 is 6.03 Å². The minimum Gasteiger partial charge on any atom is -0.494 e. The molecule has 0 spiro atoms. The number of urea groups is 1. The summed E-state index contributed by atoms with van der Waals surface area (Å²) in [5.41, 5.74) is 2.86. The molecule has 0 fully saturated rings. The quantitative estimate of drug-likeness (QED) is 0.860. The first-order valence-corrected chi connectivity index (χ1v) is 7.88. The van der Waals surface area contributed by atoms with E-state index >= 15 is 0 Å². The van der Waals surface area contributed by atoms with Crippen LogP contribution in [0.15, 0.2) is 42.5 Å². The molecule has 24 heavy (non-hydrogen) atoms. The number of methoxy groups -OCH3 is 1. The maximum Gasteiger partial charge on any atom is 0.315 e. The standard InChI is InChI=1S/C19H23FN2O2/c1-12-7-5-6-8-16(12)14(3)22-19(23)21-13(2)15-9-10-18(24-4)17(20)11-15/h5-11,13-14H,1-4H3,(H2,21,22,23)/t13-,14-/m1/s1. The van der Waals surface area contributed by atoms with Gasteiger partial charge in [0.15, 0.2) is 11.6 Å². The van der Waals surface area contributed by atoms with Crippen LogP contribution in [-0.2, 0) is 0 Å². The van der Waals surface area contributed by atoms with E-state index < -0.39 is 5.82 Å². The van der Waals surface area contributed by atoms with Crippen LogP contribution >= 0.6 is 0 Å². The summed E-state index contributed by atoms with van der Waals surface area (Å²) in [5.74, 6) is -0.263. The number of hydrogen-bond donors (Lipinski definition) is 2. The van der Waals surface area contributed by atoms with Crippen LogP contribution in [0.2, 0.25) is 0 Å². The third-order valence-electron chi connectivity index (χ3n) is 4.03. The van der Waals surface area contributed by atoms with Crippen LogP contribution in [0.1, 0.15) is 42.6 Å². The van der Waals surface area contributed by atoms with Crippen LogP contribution in [0.3, 0.4) is 0 Å². The molecule has 2 aromatic rings. The van der Waals surface area contributed by atoms with Gasteiger partial charge < -0.3 is 15.4 Å². The third kappa shape index (κ3) is 4.25. The molecule has 0 radical (unpaired) electrons. The zero-order valence-corrected chi connectivity index (χ0v) is 14.4. The second-order valence-electron chi connectivity index (χ2n) is 5.81. The maximum absolute atomic E-state index is 13.8. The van der Waals surface area contributed by atoms with Crippen molar-refractivity contribution in [3.63, 3.8) is 0 Å². The predicted octanol–water partition coefficient (Wildman–Crippen LogP) is 4.26. The molecule has 0 unspecified atom stereocenters. The van der Waals surface area contributed by atoms with Crippen molar-refractivity contribution in [3.05, 3.63) is 65.0 Å². The summed E-state index contributed by atoms with van der Waals surface area (Å²) in [6.07, 6.45) is 0. The van der Waals surface area contributed by atoms with E-state index in [2.05, 4.69) is 10.6 Å². The normalized spacial score (nSPS) is 13.0. The lowest BCUT2D eigenvalue weighted by Gasteiger charge is -2.20. The van der Waals surface area contributed by atoms with E-state index in [1.165, 1.54) is 13.2 Å². The summed E-state index contributed by atoms with van der Waals surface area (Å²) in [6.45, 7) is 5.74. The largest absolute Gasteiger partial charge is 0.494 e. The monoisotopic (exact) mass is 330 g/mol. The van der Waals surface area contributed by atoms with E-state index in [0.717, 1.165) is 11.1 Å². The van der Waals surface area contributed by atoms with Gasteiger partial charge in [0.05, 0.1) is 19.2 Å². The van der Waals surface area contributed by atoms with Gasteiger partial charge in [-0.2, -0.15) is 0 Å². The summed E-state index contributed by atoms with van der Waals surface area (Å²) in [7, 11) is 1.42. The Morgan fingerprint density at radius 1 is 1.08 bits per heavy atom. The van der Waals surface area contributed by atoms with Gasteiger partial charge in [-0.25, -0.2) is 9.18 Å². The molecule has 0 aliphatic rings. The van der Waals surface area contributed by atoms with E-state index in [-0.39, 0.29) is 23.9 Å². The summed E-state index contributed by atoms with van der Waals surface area (Å²) < 4.78 is 18.7. The van der Waals surface area contributed by atoms with Gasteiger partial charge in [0.2, 0.25) is 0 Å². The lowest BCUT2D eigenvalue weighted by Crippen LogP contribution is -2.38. The number of carbonyl (C=O) groups excluding carboxylic acids is 1. The van der Waals surface area contributed by atoms with Gasteiger partial charge in [0.25, 0.3) is 0 Å². The molecule has 2 atom stereocenters. The lowest BCUT2D eigenvalue weighted by molar-refractivity contribution is 0.235. The molecule has 0 aliphatic carbocycles. The number of amides is 2. The molecule has 0 saturated carbocycles. The number of rotatable bonds is 5. The van der Waals surface area contributed by atoms with Crippen LogP contribution in [0.25, 0.3) is 0 Å². The Labute approximate surface area is 142 Å². The molecule has 0 aromatic heterocycles. The van der Waals surface area contributed by atoms with E-state index in [0.29, 0.717) is 5.56 Å². The van der Waals surface area contributed by atoms with Crippen LogP contribution < -0.4 is 15.4 Å². The van der Waals surface area contributed by atoms with E-state index in [4.69, 9.17) is 4.74 Å². The van der Waals surface area contributed by atoms with Crippen molar-refractivity contribution < 1.29 is 13.9 Å². The highest BCUT2D eigenvalue weighted by Gasteiger charge is 2.15. The van der Waals surface area contributed by atoms with Gasteiger partial charge in [-0.05, 0) is 49.6 Å². The van der Waals surface area contributed by atoms with Crippen LogP contribution in [0, 0.1) is 12.7 Å². The Morgan fingerprint density at radius 3 is 2.38 bits per heavy atom. The first-order valence-electron chi connectivity index (χ1n) is 7.88. The molecule has 2 aromatic carbocycles. The number of nitrogens with one attached hydrogen (secondary N) is 2. The fourth-order valence-electron chi connectivity index (χ4n) is 2.62. The van der Waals surface area contributed by atoms with Gasteiger partial charge >= 0.3 is 6.03 Å². The highest BCUT2D eigenvalue weighted by molar-refractivity contribution is 5.75. The van der Waals surface area contributed by atoms with Crippen molar-refractivity contribution in [2.45, 2.75) is 32.9 Å². The van der Waals surface area contributed by atoms with E-state index in [1.54, 1.807) is 19.1 Å². The molecule has 2 N–H and O–H groups in total. The molecule has 4 nitrogen and oxygen atoms in total. The molecule has 0 saturated heterocycles. The minimum atomic E-state index is -0.447. The zero-order chi connectivity index (χ0) is 17.7. The smallest absolute Gasteiger partial charge is 0.315 e. The Balaban J connectivity index is 1.99. The fourth-order valence-corrected chi connectivity index (χ4v) is 2.62. The van der Waals surface area contributed by atoms with Crippen molar-refractivity contribution in [3.8, 4) is 5.75 Å². The number of hydrogen-bond acceptors (Lipinski definition) is 2. The first kappa shape index (κ1) is 17.8. The number of ether oxygens (including phenoxy) is 1. The molecule has 0 aliphatic heterocycles. The molecule has 128 valence electrons.